The summed E-state index contributed by atoms with van der Waals surface area (Å²) in [6, 6.07) is 6.18. The molecule has 0 saturated carbocycles. The Morgan fingerprint density at radius 1 is 1.24 bits per heavy atom. The van der Waals surface area contributed by atoms with E-state index in [0.29, 0.717) is 5.91 Å². The topological polar surface area (TPSA) is 52.2 Å². The molecule has 1 spiro atoms. The number of likely N-dealkylation sites (tertiary alicyclic amines) is 1. The molecule has 0 radical (unpaired) electrons. The van der Waals surface area contributed by atoms with Crippen LogP contribution in [0.5, 0.6) is 0 Å². The number of fused-ring (bicyclic) bond motifs is 1. The van der Waals surface area contributed by atoms with Crippen molar-refractivity contribution in [2.24, 2.45) is 5.41 Å². The zero-order valence-corrected chi connectivity index (χ0v) is 12.3. The molecule has 2 saturated heterocycles. The van der Waals surface area contributed by atoms with Crippen molar-refractivity contribution < 1.29 is 4.79 Å². The lowest BCUT2D eigenvalue weighted by molar-refractivity contribution is -0.143. The predicted molar refractivity (Wildman–Crippen MR) is 82.2 cm³/mol. The van der Waals surface area contributed by atoms with Gasteiger partial charge in [-0.1, -0.05) is 0 Å². The molecular weight excluding hydrogens is 264 g/mol. The number of anilines is 1. The second-order valence-corrected chi connectivity index (χ2v) is 6.37. The summed E-state index contributed by atoms with van der Waals surface area (Å²) in [6.07, 6.45) is 4.98. The molecule has 2 aliphatic heterocycles. The summed E-state index contributed by atoms with van der Waals surface area (Å²) >= 11 is 0. The monoisotopic (exact) mass is 284 g/mol. The third kappa shape index (κ3) is 1.91. The zero-order chi connectivity index (χ0) is 14.4. The maximum absolute atomic E-state index is 12.6. The van der Waals surface area contributed by atoms with Crippen molar-refractivity contribution in [1.82, 2.24) is 14.9 Å². The van der Waals surface area contributed by atoms with Crippen LogP contribution in [0.3, 0.4) is 0 Å². The highest BCUT2D eigenvalue weighted by Gasteiger charge is 2.47. The Balaban J connectivity index is 1.62. The highest BCUT2D eigenvalue weighted by atomic mass is 16.2. The molecule has 1 N–H and O–H groups in total. The van der Waals surface area contributed by atoms with Gasteiger partial charge in [0.05, 0.1) is 5.41 Å². The number of amides is 1. The van der Waals surface area contributed by atoms with Gasteiger partial charge in [0.2, 0.25) is 5.91 Å². The number of nitrogens with one attached hydrogen (secondary N) is 1. The molecule has 1 amide bonds. The Bertz CT molecular complexity index is 694. The quantitative estimate of drug-likeness (QED) is 0.871. The van der Waals surface area contributed by atoms with Crippen LogP contribution in [0.1, 0.15) is 19.3 Å². The first kappa shape index (κ1) is 12.7. The van der Waals surface area contributed by atoms with E-state index < -0.39 is 0 Å². The van der Waals surface area contributed by atoms with Crippen LogP contribution < -0.4 is 4.90 Å². The standard InChI is InChI=1S/C16H20N4O/c1-19-9-2-6-16(15(19)21)7-10-20(11-16)13-4-3-12-5-8-17-14(12)18-13/h3-5,8H,2,6-7,9-11H2,1H3,(H,17,18)/t16-/m1/s1. The third-order valence-electron chi connectivity index (χ3n) is 5.02. The van der Waals surface area contributed by atoms with Crippen molar-refractivity contribution in [3.05, 3.63) is 24.4 Å². The highest BCUT2D eigenvalue weighted by molar-refractivity contribution is 5.85. The fourth-order valence-electron chi connectivity index (χ4n) is 3.81. The van der Waals surface area contributed by atoms with Crippen LogP contribution in [0, 0.1) is 5.41 Å². The number of nitrogens with zero attached hydrogens (tertiary/aromatic N) is 3. The van der Waals surface area contributed by atoms with Crippen LogP contribution in [-0.4, -0.2) is 47.5 Å². The maximum Gasteiger partial charge on any atom is 0.230 e. The Kier molecular flexibility index (Phi) is 2.71. The number of hydrogen-bond donors (Lipinski definition) is 1. The lowest BCUT2D eigenvalue weighted by atomic mass is 9.78. The number of rotatable bonds is 1. The molecule has 5 nitrogen and oxygen atoms in total. The number of carbonyl (C=O) groups excluding carboxylic acids is 1. The van der Waals surface area contributed by atoms with Crippen LogP contribution >= 0.6 is 0 Å². The molecule has 2 aliphatic rings. The lowest BCUT2D eigenvalue weighted by Crippen LogP contribution is -2.48. The van der Waals surface area contributed by atoms with Gasteiger partial charge in [0.15, 0.2) is 0 Å². The van der Waals surface area contributed by atoms with Gasteiger partial charge >= 0.3 is 0 Å². The SMILES string of the molecule is CN1CCC[C@]2(CCN(c3ccc4cc[nH]c4n3)C2)C1=O. The number of pyridine rings is 1. The van der Waals surface area contributed by atoms with Crippen LogP contribution in [0.25, 0.3) is 11.0 Å². The molecule has 2 aromatic heterocycles. The minimum atomic E-state index is -0.181. The van der Waals surface area contributed by atoms with Gasteiger partial charge in [-0.3, -0.25) is 4.79 Å². The number of H-pyrrole nitrogens is 1. The average Bonchev–Trinajstić information content (AvgIpc) is 3.11. The number of carbonyl (C=O) groups is 1. The van der Waals surface area contributed by atoms with Crippen molar-refractivity contribution in [2.75, 3.05) is 31.6 Å². The Morgan fingerprint density at radius 3 is 3.05 bits per heavy atom. The van der Waals surface area contributed by atoms with Crippen molar-refractivity contribution >= 4 is 22.8 Å². The fraction of sp³-hybridized carbons (Fsp3) is 0.500. The summed E-state index contributed by atoms with van der Waals surface area (Å²) < 4.78 is 0. The lowest BCUT2D eigenvalue weighted by Gasteiger charge is -2.37. The van der Waals surface area contributed by atoms with E-state index in [4.69, 9.17) is 0 Å². The second-order valence-electron chi connectivity index (χ2n) is 6.37. The molecule has 4 rings (SSSR count). The minimum absolute atomic E-state index is 0.181. The fourth-order valence-corrected chi connectivity index (χ4v) is 3.81. The van der Waals surface area contributed by atoms with Crippen molar-refractivity contribution in [2.45, 2.75) is 19.3 Å². The average molecular weight is 284 g/mol. The first-order valence-corrected chi connectivity index (χ1v) is 7.63. The van der Waals surface area contributed by atoms with E-state index in [9.17, 15) is 4.79 Å². The van der Waals surface area contributed by atoms with Gasteiger partial charge < -0.3 is 14.8 Å². The van der Waals surface area contributed by atoms with E-state index >= 15 is 0 Å². The van der Waals surface area contributed by atoms with Crippen LogP contribution in [-0.2, 0) is 4.79 Å². The molecule has 110 valence electrons. The van der Waals surface area contributed by atoms with Gasteiger partial charge in [0.25, 0.3) is 0 Å². The number of piperidine rings is 1. The summed E-state index contributed by atoms with van der Waals surface area (Å²) in [6.45, 7) is 2.61. The second kappa shape index (κ2) is 4.48. The number of aromatic amines is 1. The molecule has 0 aliphatic carbocycles. The van der Waals surface area contributed by atoms with Crippen molar-refractivity contribution in [3.63, 3.8) is 0 Å². The predicted octanol–water partition coefficient (Wildman–Crippen LogP) is 2.01. The summed E-state index contributed by atoms with van der Waals surface area (Å²) in [4.78, 5) is 24.6. The molecule has 5 heteroatoms. The Hall–Kier alpha value is -2.04. The normalized spacial score (nSPS) is 26.2. The number of aromatic nitrogens is 2. The molecule has 0 aromatic carbocycles. The molecule has 0 unspecified atom stereocenters. The van der Waals surface area contributed by atoms with E-state index in [1.807, 2.05) is 24.2 Å². The van der Waals surface area contributed by atoms with Crippen molar-refractivity contribution in [3.8, 4) is 0 Å². The Labute approximate surface area is 123 Å². The third-order valence-corrected chi connectivity index (χ3v) is 5.02. The Morgan fingerprint density at radius 2 is 2.14 bits per heavy atom. The molecule has 1 atom stereocenters. The van der Waals surface area contributed by atoms with Gasteiger partial charge in [-0.25, -0.2) is 4.98 Å². The maximum atomic E-state index is 12.6. The van der Waals surface area contributed by atoms with Crippen LogP contribution in [0.4, 0.5) is 5.82 Å². The van der Waals surface area contributed by atoms with Crippen LogP contribution in [0.15, 0.2) is 24.4 Å². The molecular formula is C16H20N4O. The van der Waals surface area contributed by atoms with E-state index in [-0.39, 0.29) is 5.41 Å². The van der Waals surface area contributed by atoms with Gasteiger partial charge in [-0.05, 0) is 37.5 Å². The molecule has 2 aromatic rings. The molecule has 0 bridgehead atoms. The smallest absolute Gasteiger partial charge is 0.230 e. The first-order valence-electron chi connectivity index (χ1n) is 7.63. The molecule has 4 heterocycles. The van der Waals surface area contributed by atoms with Gasteiger partial charge in [-0.2, -0.15) is 0 Å². The van der Waals surface area contributed by atoms with Gasteiger partial charge in [0, 0.05) is 38.3 Å². The van der Waals surface area contributed by atoms with E-state index in [0.717, 1.165) is 55.7 Å². The highest BCUT2D eigenvalue weighted by Crippen LogP contribution is 2.41. The molecule has 21 heavy (non-hydrogen) atoms. The minimum Gasteiger partial charge on any atom is -0.355 e. The van der Waals surface area contributed by atoms with Crippen molar-refractivity contribution in [1.29, 1.82) is 0 Å². The zero-order valence-electron chi connectivity index (χ0n) is 12.3. The number of hydrogen-bond acceptors (Lipinski definition) is 3. The molecule has 2 fully saturated rings. The summed E-state index contributed by atoms with van der Waals surface area (Å²) in [5, 5.41) is 1.13. The van der Waals surface area contributed by atoms with E-state index in [1.54, 1.807) is 0 Å². The summed E-state index contributed by atoms with van der Waals surface area (Å²) in [5.41, 5.74) is 0.736. The first-order chi connectivity index (χ1) is 10.2. The van der Waals surface area contributed by atoms with E-state index in [1.165, 1.54) is 0 Å². The van der Waals surface area contributed by atoms with Gasteiger partial charge in [-0.15, -0.1) is 0 Å². The summed E-state index contributed by atoms with van der Waals surface area (Å²) in [5.74, 6) is 1.29. The largest absolute Gasteiger partial charge is 0.355 e. The van der Waals surface area contributed by atoms with E-state index in [2.05, 4.69) is 27.0 Å². The van der Waals surface area contributed by atoms with Gasteiger partial charge in [0.1, 0.15) is 11.5 Å². The summed E-state index contributed by atoms with van der Waals surface area (Å²) in [7, 11) is 1.93. The van der Waals surface area contributed by atoms with Crippen LogP contribution in [0.2, 0.25) is 0 Å².